The van der Waals surface area contributed by atoms with Crippen molar-refractivity contribution in [2.24, 2.45) is 11.8 Å². The Morgan fingerprint density at radius 2 is 0.527 bits per heavy atom. The number of nitrogens with zero attached hydrogens (tertiary/aromatic N) is 21. The molecule has 868 valence electrons. The van der Waals surface area contributed by atoms with Crippen molar-refractivity contribution in [1.29, 1.82) is 0 Å². The smallest absolute Gasteiger partial charge is 0.296 e. The molecule has 0 aromatic carbocycles. The number of aryl methyl sites for hydroxylation is 7. The molecule has 0 radical (unpaired) electrons. The molecule has 0 spiro atoms. The molecule has 0 amide bonds. The molecule has 0 bridgehead atoms. The molecule has 0 N–H and O–H groups in total. The van der Waals surface area contributed by atoms with E-state index in [1.807, 2.05) is 68.4 Å². The van der Waals surface area contributed by atoms with Crippen molar-refractivity contribution >= 4 is 70.2 Å². The molecular formula is C93H175N21O29S7. The molecule has 150 heavy (non-hydrogen) atoms. The van der Waals surface area contributed by atoms with Gasteiger partial charge in [-0.05, 0) is 135 Å². The molecule has 0 saturated heterocycles. The van der Waals surface area contributed by atoms with Gasteiger partial charge in [0.25, 0.3) is 0 Å². The second-order valence-corrected chi connectivity index (χ2v) is 53.5. The van der Waals surface area contributed by atoms with E-state index in [-0.39, 0.29) is 127 Å². The van der Waals surface area contributed by atoms with Crippen molar-refractivity contribution in [3.8, 4) is 0 Å². The van der Waals surface area contributed by atoms with Gasteiger partial charge in [0.15, 0.2) is 40.8 Å². The summed E-state index contributed by atoms with van der Waals surface area (Å²) in [5.74, 6) is -0.273. The first-order valence-electron chi connectivity index (χ1n) is 49.6. The van der Waals surface area contributed by atoms with Gasteiger partial charge in [-0.15, -0.1) is 0 Å². The average Bonchev–Trinajstić information content (AvgIpc) is 1.68. The number of likely N-dealkylation sites (N-methyl/N-ethyl adjacent to an activating group) is 1. The Morgan fingerprint density at radius 3 is 0.733 bits per heavy atom. The summed E-state index contributed by atoms with van der Waals surface area (Å²) in [5, 5.41) is 26.2. The number of fused-ring (bicyclic) bond motifs is 7. The fraction of sp³-hybridized carbons (Fsp3) is 0.828. The van der Waals surface area contributed by atoms with Crippen LogP contribution in [0.5, 0.6) is 0 Å². The predicted molar refractivity (Wildman–Crippen MR) is 574 cm³/mol. The fourth-order valence-corrected chi connectivity index (χ4v) is 27.7. The summed E-state index contributed by atoms with van der Waals surface area (Å²) in [7, 11) is -11.7. The van der Waals surface area contributed by atoms with Crippen LogP contribution in [0.4, 0.5) is 0 Å². The molecule has 7 aliphatic heterocycles. The molecule has 7 atom stereocenters. The van der Waals surface area contributed by atoms with Crippen LogP contribution in [0.2, 0.25) is 0 Å². The van der Waals surface area contributed by atoms with Gasteiger partial charge in [-0.3, -0.25) is 68.5 Å². The highest BCUT2D eigenvalue weighted by Gasteiger charge is 2.39. The van der Waals surface area contributed by atoms with Gasteiger partial charge < -0.3 is 0 Å². The number of unbranched alkanes of at least 4 members (excludes halogenated alkanes) is 1. The highest BCUT2D eigenvalue weighted by atomic mass is 32.2. The predicted octanol–water partition coefficient (Wildman–Crippen LogP) is 9.83. The zero-order valence-electron chi connectivity index (χ0n) is 86.2. The summed E-state index contributed by atoms with van der Waals surface area (Å²) in [4.78, 5) is 87.5. The van der Waals surface area contributed by atoms with Crippen LogP contribution in [0.3, 0.4) is 0 Å². The quantitative estimate of drug-likeness (QED) is 0.0263. The number of hydrogen-bond acceptors (Lipinski definition) is 36. The molecule has 50 nitrogen and oxygen atoms in total. The van der Waals surface area contributed by atoms with E-state index in [2.05, 4.69) is 54.2 Å². The number of aromatic nitrogens is 14. The summed E-state index contributed by atoms with van der Waals surface area (Å²) in [6, 6.07) is -2.78. The first kappa shape index (κ1) is 138. The Hall–Kier alpha value is -8.35. The lowest BCUT2D eigenvalue weighted by molar-refractivity contribution is -0.0767. The zero-order chi connectivity index (χ0) is 107. The maximum absolute atomic E-state index is 12.5. The van der Waals surface area contributed by atoms with Gasteiger partial charge in [-0.1, -0.05) is 197 Å². The Bertz CT molecular complexity index is 6470. The number of hydroxylamine groups is 1. The number of allylic oxidation sites excluding steroid dienone is 1. The maximum Gasteiger partial charge on any atom is 0.441 e. The molecule has 7 unspecified atom stereocenters. The van der Waals surface area contributed by atoms with Crippen LogP contribution in [0, 0.1) is 11.8 Å². The normalized spacial score (nSPS) is 19.1. The standard InChI is InChI=1S/C14H23N3O4S.C13H23N3O5S.2C13H23N3O4S.2C12H21N3O4S.C10H17N3O4S.6CH4/c1-4-11(2)9-16(3)22(19,20)10-12-7-5-6-8-13-15-21-14(18)17(12)13;1-10(2)8-20-15(3)22(18,19)9-11-6-4-5-7-12-14-21-13(17)16(11)12;1-10(2)8-15(3)21(18,19)9-11-6-4-5-7-12-14-20-13(17)16(11)12;1-3-4-9-15(2)21(18,19)10-11-7-5-6-8-12-14-20-13(17)16(11)12;2*1-3-8-14(2)20(17,18)9-10-6-4-5-7-11-13-19-12(16)15(10)11;1-12(2)18(15,16)7-8-5-3-4-6-9-11-17-10(14)13(8)9;;;;;;/h4,12H,5-10H2,1-3H3;10-11H,4-9H2,1-3H3;10-11H,4-9H2,1-3H3;11H,3-10H2,1-2H3;2*10H,3-9H2,1-2H3;8H,3-7H2,1-2H3;6*1H4/b11-4-;;;;;;;;;;;;. The van der Waals surface area contributed by atoms with Crippen LogP contribution in [0.25, 0.3) is 0 Å². The summed E-state index contributed by atoms with van der Waals surface area (Å²) in [5.41, 5.74) is 0.981. The Labute approximate surface area is 887 Å². The zero-order valence-corrected chi connectivity index (χ0v) is 91.9. The van der Waals surface area contributed by atoms with Crippen molar-refractivity contribution in [3.05, 3.63) is 126 Å². The fourth-order valence-electron chi connectivity index (χ4n) is 17.9. The average molecular weight is 2280 g/mol. The highest BCUT2D eigenvalue weighted by Crippen LogP contribution is 2.32. The van der Waals surface area contributed by atoms with Crippen LogP contribution in [-0.4, -0.2) is 293 Å². The molecular weight excluding hydrogens is 2100 g/mol. The van der Waals surface area contributed by atoms with Gasteiger partial charge >= 0.3 is 40.3 Å². The number of rotatable bonds is 35. The van der Waals surface area contributed by atoms with E-state index < -0.39 is 123 Å². The maximum atomic E-state index is 12.5. The summed E-state index contributed by atoms with van der Waals surface area (Å²) >= 11 is 0. The molecule has 7 aliphatic rings. The van der Waals surface area contributed by atoms with E-state index in [9.17, 15) is 92.5 Å². The summed E-state index contributed by atoms with van der Waals surface area (Å²) in [6.45, 7) is 20.1. The first-order chi connectivity index (χ1) is 67.7. The first-order valence-corrected chi connectivity index (χ1v) is 60.8. The summed E-state index contributed by atoms with van der Waals surface area (Å²) in [6.07, 6.45) is 26.7. The monoisotopic (exact) mass is 2270 g/mol. The van der Waals surface area contributed by atoms with E-state index in [0.717, 1.165) is 126 Å². The molecule has 14 heterocycles. The molecule has 0 aliphatic carbocycles. The number of sulfonamides is 7. The van der Waals surface area contributed by atoms with Crippen LogP contribution in [-0.2, 0) is 120 Å². The second kappa shape index (κ2) is 63.0. The number of hydrogen-bond donors (Lipinski definition) is 0. The van der Waals surface area contributed by atoms with Crippen LogP contribution in [0.15, 0.2) is 76.9 Å². The SMILES string of the molecule is C.C.C.C.C.C.C/C=C(/C)CN(C)S(=O)(=O)CC1CCCCc2noc(=O)n21.CC(C)CN(C)S(=O)(=O)CC1CCCCc2noc(=O)n21.CC(C)CON(C)S(=O)(=O)CC1CCCCc2noc(=O)n21.CCCCN(C)S(=O)(=O)CC1CCCCc2noc(=O)n21.CCCN(C)S(=O)(=O)CC1CCCCc2noc(=O)n21.CCCN(C)S(=O)(=O)CC1CCCCc2noc(=O)n21.CN(C)S(=O)(=O)CC1CCCCc2noc(=O)n21. The second-order valence-electron chi connectivity index (χ2n) is 38.7. The van der Waals surface area contributed by atoms with Crippen molar-refractivity contribution in [2.75, 3.05) is 136 Å². The molecule has 57 heteroatoms. The third kappa shape index (κ3) is 39.2. The van der Waals surface area contributed by atoms with Gasteiger partial charge in [0, 0.05) is 134 Å². The largest absolute Gasteiger partial charge is 0.441 e. The van der Waals surface area contributed by atoms with Crippen molar-refractivity contribution in [2.45, 2.75) is 355 Å². The Balaban J connectivity index is 0.000000588. The molecule has 14 rings (SSSR count). The van der Waals surface area contributed by atoms with Gasteiger partial charge in [-0.2, -0.15) is 0 Å². The lowest BCUT2D eigenvalue weighted by Gasteiger charge is -2.23. The van der Waals surface area contributed by atoms with Crippen LogP contribution in [0.1, 0.15) is 350 Å². The third-order valence-corrected chi connectivity index (χ3v) is 39.2. The highest BCUT2D eigenvalue weighted by molar-refractivity contribution is 7.90. The minimum atomic E-state index is -3.63. The lowest BCUT2D eigenvalue weighted by atomic mass is 10.1. The van der Waals surface area contributed by atoms with Crippen molar-refractivity contribution in [3.63, 3.8) is 0 Å². The minimum absolute atomic E-state index is 0. The van der Waals surface area contributed by atoms with Gasteiger partial charge in [-0.25, -0.2) is 118 Å². The molecule has 7 aromatic heterocycles. The minimum Gasteiger partial charge on any atom is -0.296 e. The van der Waals surface area contributed by atoms with Crippen LogP contribution >= 0.6 is 0 Å². The van der Waals surface area contributed by atoms with E-state index >= 15 is 0 Å². The lowest BCUT2D eigenvalue weighted by Crippen LogP contribution is -2.37. The van der Waals surface area contributed by atoms with E-state index in [4.69, 9.17) is 18.4 Å². The van der Waals surface area contributed by atoms with Gasteiger partial charge in [0.2, 0.25) is 70.2 Å². The van der Waals surface area contributed by atoms with E-state index in [1.165, 1.54) is 78.9 Å². The van der Waals surface area contributed by atoms with Crippen molar-refractivity contribution in [1.82, 2.24) is 98.4 Å². The van der Waals surface area contributed by atoms with Gasteiger partial charge in [0.05, 0.1) is 89.2 Å². The molecule has 0 saturated carbocycles. The van der Waals surface area contributed by atoms with Crippen molar-refractivity contribution < 1.29 is 95.4 Å². The van der Waals surface area contributed by atoms with E-state index in [0.29, 0.717) is 170 Å². The summed E-state index contributed by atoms with van der Waals surface area (Å²) < 4.78 is 224. The van der Waals surface area contributed by atoms with Gasteiger partial charge in [0.1, 0.15) is 0 Å². The Kier molecular flexibility index (Phi) is 57.8. The van der Waals surface area contributed by atoms with Crippen LogP contribution < -0.4 is 40.3 Å². The molecule has 0 fully saturated rings. The molecule has 7 aromatic rings. The Morgan fingerprint density at radius 1 is 0.313 bits per heavy atom. The van der Waals surface area contributed by atoms with E-state index in [1.54, 1.807) is 35.2 Å². The topological polar surface area (TPSA) is 607 Å². The third-order valence-electron chi connectivity index (χ3n) is 26.0.